The lowest BCUT2D eigenvalue weighted by Crippen LogP contribution is -2.69. The van der Waals surface area contributed by atoms with Gasteiger partial charge in [0.2, 0.25) is 5.91 Å². The summed E-state index contributed by atoms with van der Waals surface area (Å²) in [6.07, 6.45) is -22.0. The van der Waals surface area contributed by atoms with E-state index in [9.17, 15) is 50.8 Å². The van der Waals surface area contributed by atoms with Gasteiger partial charge in [0, 0.05) is 6.92 Å². The molecule has 16 heteroatoms. The van der Waals surface area contributed by atoms with Crippen LogP contribution in [-0.4, -0.2) is 157 Å². The monoisotopic (exact) mass is 529 g/mol. The molecule has 3 aliphatic heterocycles. The van der Waals surface area contributed by atoms with Crippen molar-refractivity contribution in [1.29, 1.82) is 0 Å². The molecule has 0 radical (unpaired) electrons. The molecule has 0 aliphatic carbocycles. The van der Waals surface area contributed by atoms with Crippen molar-refractivity contribution in [2.24, 2.45) is 0 Å². The highest BCUT2D eigenvalue weighted by molar-refractivity contribution is 5.73. The Bertz CT molecular complexity index is 729. The maximum Gasteiger partial charge on any atom is 0.217 e. The lowest BCUT2D eigenvalue weighted by molar-refractivity contribution is -0.370. The summed E-state index contributed by atoms with van der Waals surface area (Å²) in [5.74, 6) is -0.640. The van der Waals surface area contributed by atoms with Crippen LogP contribution in [0.3, 0.4) is 0 Å². The fourth-order valence-electron chi connectivity index (χ4n) is 4.40. The zero-order chi connectivity index (χ0) is 26.9. The zero-order valence-electron chi connectivity index (χ0n) is 19.5. The summed E-state index contributed by atoms with van der Waals surface area (Å²) in [7, 11) is 0. The molecule has 0 aromatic carbocycles. The summed E-state index contributed by atoms with van der Waals surface area (Å²) < 4.78 is 27.7. The highest BCUT2D eigenvalue weighted by Gasteiger charge is 2.54. The molecule has 0 aromatic rings. The van der Waals surface area contributed by atoms with Crippen LogP contribution in [0.15, 0.2) is 0 Å². The van der Waals surface area contributed by atoms with Crippen LogP contribution in [0.4, 0.5) is 0 Å². The summed E-state index contributed by atoms with van der Waals surface area (Å²) in [6, 6.07) is -1.41. The quantitative estimate of drug-likeness (QED) is 0.147. The van der Waals surface area contributed by atoms with Crippen molar-refractivity contribution < 1.29 is 74.4 Å². The SMILES string of the molecule is CC(=O)NC1[C@H](O)OC(CO)[C@@H](O[C@@H]2OC(CO)[C@H](O)[C@H](O)C2O)[C@@H]1O[C@@H]1OC(C)[C@@H](O)[C@H](O)C1O. The number of ether oxygens (including phenoxy) is 5. The molecule has 3 saturated heterocycles. The average Bonchev–Trinajstić information content (AvgIpc) is 2.84. The molecule has 3 heterocycles. The Balaban J connectivity index is 1.92. The molecule has 3 aliphatic rings. The second-order valence-corrected chi connectivity index (χ2v) is 9.05. The smallest absolute Gasteiger partial charge is 0.217 e. The number of hydrogen-bond donors (Lipinski definition) is 10. The topological polar surface area (TPSA) is 257 Å². The van der Waals surface area contributed by atoms with Crippen LogP contribution < -0.4 is 5.32 Å². The fraction of sp³-hybridized carbons (Fsp3) is 0.950. The number of carbonyl (C=O) groups excluding carboxylic acids is 1. The van der Waals surface area contributed by atoms with E-state index < -0.39 is 111 Å². The Morgan fingerprint density at radius 1 is 0.722 bits per heavy atom. The summed E-state index contributed by atoms with van der Waals surface area (Å²) in [5.41, 5.74) is 0. The molecule has 0 bridgehead atoms. The molecule has 15 atom stereocenters. The fourth-order valence-corrected chi connectivity index (χ4v) is 4.40. The second kappa shape index (κ2) is 12.2. The van der Waals surface area contributed by atoms with Gasteiger partial charge in [0.05, 0.1) is 19.3 Å². The van der Waals surface area contributed by atoms with Crippen LogP contribution in [0.1, 0.15) is 13.8 Å². The minimum Gasteiger partial charge on any atom is -0.394 e. The highest BCUT2D eigenvalue weighted by atomic mass is 16.7. The van der Waals surface area contributed by atoms with Gasteiger partial charge in [0.25, 0.3) is 0 Å². The molecule has 36 heavy (non-hydrogen) atoms. The number of aliphatic hydroxyl groups is 9. The lowest BCUT2D eigenvalue weighted by Gasteiger charge is -2.49. The van der Waals surface area contributed by atoms with Crippen LogP contribution in [0.5, 0.6) is 0 Å². The van der Waals surface area contributed by atoms with E-state index in [1.165, 1.54) is 6.92 Å². The molecule has 3 rings (SSSR count). The van der Waals surface area contributed by atoms with Gasteiger partial charge in [0.1, 0.15) is 67.1 Å². The molecule has 0 aromatic heterocycles. The van der Waals surface area contributed by atoms with Crippen LogP contribution >= 0.6 is 0 Å². The molecule has 1 amide bonds. The van der Waals surface area contributed by atoms with Crippen molar-refractivity contribution in [3.05, 3.63) is 0 Å². The first-order valence-electron chi connectivity index (χ1n) is 11.4. The summed E-state index contributed by atoms with van der Waals surface area (Å²) in [4.78, 5) is 11.8. The van der Waals surface area contributed by atoms with Crippen molar-refractivity contribution >= 4 is 5.91 Å². The molecule has 0 spiro atoms. The van der Waals surface area contributed by atoms with E-state index in [1.807, 2.05) is 0 Å². The van der Waals surface area contributed by atoms with Gasteiger partial charge < -0.3 is 75.0 Å². The Morgan fingerprint density at radius 2 is 1.25 bits per heavy atom. The number of rotatable bonds is 7. The Morgan fingerprint density at radius 3 is 1.81 bits per heavy atom. The molecule has 6 unspecified atom stereocenters. The predicted molar refractivity (Wildman–Crippen MR) is 111 cm³/mol. The van der Waals surface area contributed by atoms with E-state index in [-0.39, 0.29) is 0 Å². The molecular weight excluding hydrogens is 494 g/mol. The van der Waals surface area contributed by atoms with Crippen LogP contribution in [0.2, 0.25) is 0 Å². The molecule has 210 valence electrons. The van der Waals surface area contributed by atoms with E-state index in [2.05, 4.69) is 5.32 Å². The van der Waals surface area contributed by atoms with Crippen LogP contribution in [0.25, 0.3) is 0 Å². The Kier molecular flexibility index (Phi) is 9.97. The van der Waals surface area contributed by atoms with Crippen LogP contribution in [0, 0.1) is 0 Å². The maximum atomic E-state index is 11.8. The van der Waals surface area contributed by atoms with Gasteiger partial charge in [-0.15, -0.1) is 0 Å². The number of amides is 1. The van der Waals surface area contributed by atoms with E-state index >= 15 is 0 Å². The van der Waals surface area contributed by atoms with Crippen molar-refractivity contribution in [2.45, 2.75) is 106 Å². The van der Waals surface area contributed by atoms with E-state index in [0.717, 1.165) is 6.92 Å². The molecular formula is C20H35NO15. The highest BCUT2D eigenvalue weighted by Crippen LogP contribution is 2.32. The number of aliphatic hydroxyl groups excluding tert-OH is 9. The molecule has 16 nitrogen and oxygen atoms in total. The van der Waals surface area contributed by atoms with Gasteiger partial charge in [-0.1, -0.05) is 0 Å². The van der Waals surface area contributed by atoms with E-state index in [4.69, 9.17) is 23.7 Å². The molecule has 10 N–H and O–H groups in total. The van der Waals surface area contributed by atoms with Gasteiger partial charge in [-0.2, -0.15) is 0 Å². The average molecular weight is 529 g/mol. The van der Waals surface area contributed by atoms with Gasteiger partial charge >= 0.3 is 0 Å². The first kappa shape index (κ1) is 29.5. The second-order valence-electron chi connectivity index (χ2n) is 9.05. The normalized spacial score (nSPS) is 50.0. The van der Waals surface area contributed by atoms with Crippen molar-refractivity contribution in [3.8, 4) is 0 Å². The Labute approximate surface area is 205 Å². The van der Waals surface area contributed by atoms with Gasteiger partial charge in [-0.25, -0.2) is 0 Å². The summed E-state index contributed by atoms with van der Waals surface area (Å²) in [5, 5.41) is 93.2. The third-order valence-corrected chi connectivity index (χ3v) is 6.45. The van der Waals surface area contributed by atoms with Crippen molar-refractivity contribution in [1.82, 2.24) is 5.32 Å². The first-order chi connectivity index (χ1) is 16.9. The maximum absolute atomic E-state index is 11.8. The molecule has 0 saturated carbocycles. The summed E-state index contributed by atoms with van der Waals surface area (Å²) in [6.45, 7) is 1.00. The lowest BCUT2D eigenvalue weighted by atomic mass is 9.94. The number of carbonyl (C=O) groups is 1. The third kappa shape index (κ3) is 5.97. The van der Waals surface area contributed by atoms with Crippen molar-refractivity contribution in [2.75, 3.05) is 13.2 Å². The standard InChI is InChI=1S/C20H35NO15/c1-5-10(25)12(27)14(29)19(32-5)36-17-9(21-6(2)24)18(31)33-8(4-23)16(17)35-20-15(30)13(28)11(26)7(3-22)34-20/h5,7-20,22-23,25-31H,3-4H2,1-2H3,(H,21,24)/t5?,7?,8?,9?,10-,11+,12+,13+,14?,15?,16-,17-,18-,19+,20+/m1/s1. The number of nitrogens with one attached hydrogen (secondary N) is 1. The minimum absolute atomic E-state index is 0.640. The van der Waals surface area contributed by atoms with Gasteiger partial charge in [0.15, 0.2) is 18.9 Å². The largest absolute Gasteiger partial charge is 0.394 e. The molecule has 3 fully saturated rings. The third-order valence-electron chi connectivity index (χ3n) is 6.45. The van der Waals surface area contributed by atoms with Crippen molar-refractivity contribution in [3.63, 3.8) is 0 Å². The number of hydrogen-bond acceptors (Lipinski definition) is 15. The van der Waals surface area contributed by atoms with E-state index in [1.54, 1.807) is 0 Å². The summed E-state index contributed by atoms with van der Waals surface area (Å²) >= 11 is 0. The van der Waals surface area contributed by atoms with E-state index in [0.29, 0.717) is 0 Å². The Hall–Kier alpha value is -1.09. The van der Waals surface area contributed by atoms with Gasteiger partial charge in [-0.05, 0) is 6.92 Å². The van der Waals surface area contributed by atoms with Crippen LogP contribution in [-0.2, 0) is 28.5 Å². The van der Waals surface area contributed by atoms with Gasteiger partial charge in [-0.3, -0.25) is 4.79 Å². The predicted octanol–water partition coefficient (Wildman–Crippen LogP) is -6.40. The minimum atomic E-state index is -1.85. The zero-order valence-corrected chi connectivity index (χ0v) is 19.5. The first-order valence-corrected chi connectivity index (χ1v) is 11.4.